The van der Waals surface area contributed by atoms with Crippen LogP contribution in [0.1, 0.15) is 0 Å². The molecule has 0 aliphatic carbocycles. The van der Waals surface area contributed by atoms with Crippen molar-refractivity contribution in [1.82, 2.24) is 4.90 Å². The molecule has 0 rings (SSSR count). The number of hydrogen-bond acceptors (Lipinski definition) is 1. The number of rotatable bonds is 1. The van der Waals surface area contributed by atoms with Gasteiger partial charge in [0.15, 0.2) is 0 Å². The average molecular weight is 117 g/mol. The van der Waals surface area contributed by atoms with Crippen LogP contribution in [0.5, 0.6) is 0 Å². The molecule has 3 heteroatoms. The lowest BCUT2D eigenvalue weighted by Crippen LogP contribution is -2.21. The molecule has 0 aromatic carbocycles. The smallest absolute Gasteiger partial charge is 0.106 e. The Bertz CT molecular complexity index is 70.1. The van der Waals surface area contributed by atoms with E-state index < -0.39 is 0 Å². The monoisotopic (exact) mass is 117 g/mol. The standard InChI is InChI=1S/C4H9N2S/c1-6(2)4(5)3-7/h5H,3H2,1-2H3. The van der Waals surface area contributed by atoms with Crippen molar-refractivity contribution in [3.63, 3.8) is 0 Å². The molecule has 0 aromatic rings. The van der Waals surface area contributed by atoms with E-state index in [2.05, 4.69) is 12.6 Å². The van der Waals surface area contributed by atoms with Crippen molar-refractivity contribution in [2.75, 3.05) is 19.8 Å². The molecule has 0 unspecified atom stereocenters. The minimum atomic E-state index is 0.410. The highest BCUT2D eigenvalue weighted by Crippen LogP contribution is 1.80. The van der Waals surface area contributed by atoms with Gasteiger partial charge < -0.3 is 4.90 Å². The predicted molar refractivity (Wildman–Crippen MR) is 33.9 cm³/mol. The van der Waals surface area contributed by atoms with Crippen LogP contribution in [0.15, 0.2) is 0 Å². The molecule has 0 spiro atoms. The van der Waals surface area contributed by atoms with Crippen molar-refractivity contribution in [1.29, 1.82) is 5.41 Å². The highest BCUT2D eigenvalue weighted by molar-refractivity contribution is 7.81. The zero-order chi connectivity index (χ0) is 5.86. The molecule has 0 saturated heterocycles. The molecular weight excluding hydrogens is 108 g/mol. The van der Waals surface area contributed by atoms with Crippen LogP contribution < -0.4 is 0 Å². The van der Waals surface area contributed by atoms with E-state index in [1.54, 1.807) is 4.90 Å². The molecule has 0 heterocycles. The van der Waals surface area contributed by atoms with Gasteiger partial charge in [0.05, 0.1) is 5.75 Å². The molecule has 0 fully saturated rings. The molecule has 0 aromatic heterocycles. The van der Waals surface area contributed by atoms with Gasteiger partial charge in [-0.15, -0.1) is 0 Å². The maximum atomic E-state index is 7.01. The number of nitrogens with zero attached hydrogens (tertiary/aromatic N) is 1. The molecule has 0 saturated carbocycles. The van der Waals surface area contributed by atoms with Crippen molar-refractivity contribution >= 4 is 18.5 Å². The molecule has 7 heavy (non-hydrogen) atoms. The van der Waals surface area contributed by atoms with Gasteiger partial charge in [-0.2, -0.15) is 0 Å². The first-order valence-electron chi connectivity index (χ1n) is 2.01. The van der Waals surface area contributed by atoms with Gasteiger partial charge in [0.1, 0.15) is 5.84 Å². The molecule has 1 radical (unpaired) electrons. The Hall–Kier alpha value is -0.180. The minimum Gasteiger partial charge on any atom is -0.366 e. The molecule has 1 N–H and O–H groups in total. The van der Waals surface area contributed by atoms with Crippen LogP contribution in [0.3, 0.4) is 0 Å². The van der Waals surface area contributed by atoms with Gasteiger partial charge >= 0.3 is 0 Å². The summed E-state index contributed by atoms with van der Waals surface area (Å²) < 4.78 is 0. The third-order valence-corrected chi connectivity index (χ3v) is 0.950. The van der Waals surface area contributed by atoms with Crippen molar-refractivity contribution in [2.24, 2.45) is 0 Å². The summed E-state index contributed by atoms with van der Waals surface area (Å²) in [5.74, 6) is 0.905. The van der Waals surface area contributed by atoms with E-state index in [-0.39, 0.29) is 0 Å². The van der Waals surface area contributed by atoms with Gasteiger partial charge in [-0.1, -0.05) is 12.6 Å². The SMILES string of the molecule is CN(C)C(=N)C[S]. The zero-order valence-electron chi connectivity index (χ0n) is 4.56. The Labute approximate surface area is 49.4 Å². The summed E-state index contributed by atoms with van der Waals surface area (Å²) in [6.45, 7) is 0. The summed E-state index contributed by atoms with van der Waals surface area (Å²) in [4.78, 5) is 1.70. The molecule has 0 bridgehead atoms. The van der Waals surface area contributed by atoms with Crippen molar-refractivity contribution < 1.29 is 0 Å². The van der Waals surface area contributed by atoms with Crippen LogP contribution in [0.25, 0.3) is 0 Å². The predicted octanol–water partition coefficient (Wildman–Crippen LogP) is 0.723. The lowest BCUT2D eigenvalue weighted by molar-refractivity contribution is 0.615. The number of amidine groups is 1. The Morgan fingerprint density at radius 2 is 2.14 bits per heavy atom. The molecule has 41 valence electrons. The molecular formula is C4H9N2S. The van der Waals surface area contributed by atoms with E-state index in [1.165, 1.54) is 0 Å². The Balaban J connectivity index is 3.35. The third-order valence-electron chi connectivity index (χ3n) is 0.677. The minimum absolute atomic E-state index is 0.410. The first-order chi connectivity index (χ1) is 3.18. The topological polar surface area (TPSA) is 27.1 Å². The Morgan fingerprint density at radius 3 is 2.14 bits per heavy atom. The molecule has 0 amide bonds. The second-order valence-electron chi connectivity index (χ2n) is 1.49. The second kappa shape index (κ2) is 2.91. The summed E-state index contributed by atoms with van der Waals surface area (Å²) >= 11 is 4.58. The van der Waals surface area contributed by atoms with Crippen LogP contribution >= 0.6 is 12.6 Å². The van der Waals surface area contributed by atoms with Crippen LogP contribution in [-0.4, -0.2) is 30.6 Å². The van der Waals surface area contributed by atoms with Gasteiger partial charge in [0.25, 0.3) is 0 Å². The zero-order valence-corrected chi connectivity index (χ0v) is 5.38. The quantitative estimate of drug-likeness (QED) is 0.397. The molecule has 0 atom stereocenters. The maximum Gasteiger partial charge on any atom is 0.106 e. The van der Waals surface area contributed by atoms with E-state index in [4.69, 9.17) is 5.41 Å². The van der Waals surface area contributed by atoms with Crippen molar-refractivity contribution in [3.8, 4) is 0 Å². The number of hydrogen-bond donors (Lipinski definition) is 1. The largest absolute Gasteiger partial charge is 0.366 e. The highest BCUT2D eigenvalue weighted by Gasteiger charge is 1.91. The molecule has 0 aliphatic rings. The lowest BCUT2D eigenvalue weighted by atomic mass is 10.6. The van der Waals surface area contributed by atoms with Crippen LogP contribution in [0, 0.1) is 5.41 Å². The Morgan fingerprint density at radius 1 is 1.71 bits per heavy atom. The summed E-state index contributed by atoms with van der Waals surface area (Å²) in [6.07, 6.45) is 0. The average Bonchev–Trinajstić information content (AvgIpc) is 1.65. The fraction of sp³-hybridized carbons (Fsp3) is 0.750. The van der Waals surface area contributed by atoms with Crippen molar-refractivity contribution in [3.05, 3.63) is 0 Å². The summed E-state index contributed by atoms with van der Waals surface area (Å²) in [5.41, 5.74) is 0. The first kappa shape index (κ1) is 6.82. The van der Waals surface area contributed by atoms with Crippen LogP contribution in [-0.2, 0) is 0 Å². The van der Waals surface area contributed by atoms with Crippen LogP contribution in [0.2, 0.25) is 0 Å². The highest BCUT2D eigenvalue weighted by atomic mass is 32.1. The fourth-order valence-electron chi connectivity index (χ4n) is 0.129. The van der Waals surface area contributed by atoms with E-state index in [0.29, 0.717) is 11.6 Å². The third kappa shape index (κ3) is 2.51. The fourth-order valence-corrected chi connectivity index (χ4v) is 0.387. The lowest BCUT2D eigenvalue weighted by Gasteiger charge is -2.09. The van der Waals surface area contributed by atoms with E-state index in [1.807, 2.05) is 14.1 Å². The van der Waals surface area contributed by atoms with E-state index in [9.17, 15) is 0 Å². The van der Waals surface area contributed by atoms with Gasteiger partial charge in [-0.25, -0.2) is 0 Å². The van der Waals surface area contributed by atoms with Gasteiger partial charge in [0, 0.05) is 14.1 Å². The van der Waals surface area contributed by atoms with E-state index >= 15 is 0 Å². The first-order valence-corrected chi connectivity index (χ1v) is 2.59. The maximum absolute atomic E-state index is 7.01. The van der Waals surface area contributed by atoms with Crippen LogP contribution in [0.4, 0.5) is 0 Å². The molecule has 0 aliphatic heterocycles. The summed E-state index contributed by atoms with van der Waals surface area (Å²) in [5, 5.41) is 7.01. The van der Waals surface area contributed by atoms with Crippen molar-refractivity contribution in [2.45, 2.75) is 0 Å². The number of nitrogens with one attached hydrogen (secondary N) is 1. The van der Waals surface area contributed by atoms with Gasteiger partial charge in [-0.05, 0) is 0 Å². The normalized spacial score (nSPS) is 8.43. The second-order valence-corrected chi connectivity index (χ2v) is 1.77. The van der Waals surface area contributed by atoms with Gasteiger partial charge in [0.2, 0.25) is 0 Å². The summed E-state index contributed by atoms with van der Waals surface area (Å²) in [7, 11) is 3.63. The summed E-state index contributed by atoms with van der Waals surface area (Å²) in [6, 6.07) is 0. The van der Waals surface area contributed by atoms with E-state index in [0.717, 1.165) is 0 Å². The van der Waals surface area contributed by atoms with Gasteiger partial charge in [-0.3, -0.25) is 5.41 Å². The Kier molecular flexibility index (Phi) is 2.83. The molecule has 2 nitrogen and oxygen atoms in total.